The van der Waals surface area contributed by atoms with Crippen LogP contribution in [0.15, 0.2) is 42.5 Å². The Kier molecular flexibility index (Phi) is 4.00. The molecule has 1 nitrogen and oxygen atoms in total. The molecule has 0 aliphatic rings. The van der Waals surface area contributed by atoms with Crippen molar-refractivity contribution in [2.45, 2.75) is 6.42 Å². The van der Waals surface area contributed by atoms with Crippen molar-refractivity contribution in [2.75, 3.05) is 0 Å². The van der Waals surface area contributed by atoms with Crippen molar-refractivity contribution in [1.29, 1.82) is 0 Å². The Morgan fingerprint density at radius 2 is 1.78 bits per heavy atom. The molecule has 0 aliphatic heterocycles. The highest BCUT2D eigenvalue weighted by molar-refractivity contribution is 6.31. The van der Waals surface area contributed by atoms with Crippen LogP contribution in [0.4, 0.5) is 4.39 Å². The molecule has 0 saturated carbocycles. The van der Waals surface area contributed by atoms with Gasteiger partial charge in [0, 0.05) is 16.5 Å². The van der Waals surface area contributed by atoms with Gasteiger partial charge < -0.3 is 0 Å². The summed E-state index contributed by atoms with van der Waals surface area (Å²) >= 11 is 11.6. The molecule has 2 rings (SSSR count). The van der Waals surface area contributed by atoms with Gasteiger partial charge in [0.25, 0.3) is 0 Å². The summed E-state index contributed by atoms with van der Waals surface area (Å²) in [4.78, 5) is 12.0. The van der Waals surface area contributed by atoms with E-state index < -0.39 is 5.82 Å². The number of Topliss-reactive ketones (excluding diaryl/α,β-unsaturated/α-hetero) is 1. The minimum atomic E-state index is -0.563. The molecule has 0 heterocycles. The van der Waals surface area contributed by atoms with Gasteiger partial charge in [-0.25, -0.2) is 4.39 Å². The first-order valence-corrected chi connectivity index (χ1v) is 6.04. The Morgan fingerprint density at radius 3 is 2.50 bits per heavy atom. The van der Waals surface area contributed by atoms with E-state index >= 15 is 0 Å². The fraction of sp³-hybridized carbons (Fsp3) is 0.0714. The standard InChI is InChI=1S/C14H9Cl2FO/c15-10-3-1-2-9(6-10)7-14(18)12-8-11(16)4-5-13(12)17/h1-6,8H,7H2. The van der Waals surface area contributed by atoms with Crippen LogP contribution in [-0.2, 0) is 6.42 Å². The van der Waals surface area contributed by atoms with E-state index in [9.17, 15) is 9.18 Å². The molecule has 4 heteroatoms. The lowest BCUT2D eigenvalue weighted by Crippen LogP contribution is -2.06. The first kappa shape index (κ1) is 13.1. The van der Waals surface area contributed by atoms with E-state index in [0.29, 0.717) is 10.0 Å². The zero-order valence-electron chi connectivity index (χ0n) is 9.29. The van der Waals surface area contributed by atoms with Crippen LogP contribution >= 0.6 is 23.2 Å². The van der Waals surface area contributed by atoms with E-state index in [0.717, 1.165) is 5.56 Å². The molecule has 0 aliphatic carbocycles. The third-order valence-electron chi connectivity index (χ3n) is 2.48. The molecule has 18 heavy (non-hydrogen) atoms. The number of halogens is 3. The molecule has 2 aromatic rings. The van der Waals surface area contributed by atoms with Crippen LogP contribution in [0.1, 0.15) is 15.9 Å². The van der Waals surface area contributed by atoms with Crippen molar-refractivity contribution < 1.29 is 9.18 Å². The lowest BCUT2D eigenvalue weighted by molar-refractivity contribution is 0.0989. The van der Waals surface area contributed by atoms with Gasteiger partial charge in [0.05, 0.1) is 5.56 Å². The molecule has 0 spiro atoms. The second-order valence-corrected chi connectivity index (χ2v) is 4.73. The highest BCUT2D eigenvalue weighted by atomic mass is 35.5. The molecule has 0 atom stereocenters. The zero-order valence-corrected chi connectivity index (χ0v) is 10.8. The lowest BCUT2D eigenvalue weighted by Gasteiger charge is -2.04. The van der Waals surface area contributed by atoms with Gasteiger partial charge >= 0.3 is 0 Å². The number of hydrogen-bond acceptors (Lipinski definition) is 1. The third kappa shape index (κ3) is 3.09. The van der Waals surface area contributed by atoms with Crippen molar-refractivity contribution in [1.82, 2.24) is 0 Å². The van der Waals surface area contributed by atoms with E-state index in [1.807, 2.05) is 0 Å². The summed E-state index contributed by atoms with van der Waals surface area (Å²) in [6, 6.07) is 10.9. The Bertz CT molecular complexity index is 596. The average molecular weight is 283 g/mol. The maximum Gasteiger partial charge on any atom is 0.170 e. The second-order valence-electron chi connectivity index (χ2n) is 3.85. The van der Waals surface area contributed by atoms with Crippen LogP contribution in [0.2, 0.25) is 10.0 Å². The van der Waals surface area contributed by atoms with Gasteiger partial charge in [0.1, 0.15) is 5.82 Å². The van der Waals surface area contributed by atoms with E-state index in [1.54, 1.807) is 24.3 Å². The number of ketones is 1. The molecule has 0 amide bonds. The van der Waals surface area contributed by atoms with E-state index in [-0.39, 0.29) is 17.8 Å². The number of rotatable bonds is 3. The molecule has 92 valence electrons. The smallest absolute Gasteiger partial charge is 0.170 e. The predicted octanol–water partition coefficient (Wildman–Crippen LogP) is 4.56. The van der Waals surface area contributed by atoms with Gasteiger partial charge in [-0.15, -0.1) is 0 Å². The fourth-order valence-electron chi connectivity index (χ4n) is 1.64. The molecule has 2 aromatic carbocycles. The van der Waals surface area contributed by atoms with Crippen LogP contribution in [-0.4, -0.2) is 5.78 Å². The Labute approximate surface area is 114 Å². The van der Waals surface area contributed by atoms with Crippen molar-refractivity contribution in [2.24, 2.45) is 0 Å². The predicted molar refractivity (Wildman–Crippen MR) is 70.9 cm³/mol. The molecule has 0 radical (unpaired) electrons. The Morgan fingerprint density at radius 1 is 1.06 bits per heavy atom. The molecule has 0 saturated heterocycles. The summed E-state index contributed by atoms with van der Waals surface area (Å²) in [7, 11) is 0. The SMILES string of the molecule is O=C(Cc1cccc(Cl)c1)c1cc(Cl)ccc1F. The first-order valence-electron chi connectivity index (χ1n) is 5.29. The van der Waals surface area contributed by atoms with Crippen molar-refractivity contribution in [3.05, 3.63) is 69.5 Å². The summed E-state index contributed by atoms with van der Waals surface area (Å²) in [5.74, 6) is -0.885. The Balaban J connectivity index is 2.24. The molecule has 0 bridgehead atoms. The van der Waals surface area contributed by atoms with Crippen LogP contribution < -0.4 is 0 Å². The van der Waals surface area contributed by atoms with E-state index in [1.165, 1.54) is 18.2 Å². The largest absolute Gasteiger partial charge is 0.294 e. The van der Waals surface area contributed by atoms with Crippen LogP contribution in [0.3, 0.4) is 0 Å². The lowest BCUT2D eigenvalue weighted by atomic mass is 10.0. The maximum absolute atomic E-state index is 13.5. The fourth-order valence-corrected chi connectivity index (χ4v) is 2.02. The number of hydrogen-bond donors (Lipinski definition) is 0. The number of benzene rings is 2. The minimum Gasteiger partial charge on any atom is -0.294 e. The van der Waals surface area contributed by atoms with Gasteiger partial charge in [-0.05, 0) is 35.9 Å². The van der Waals surface area contributed by atoms with Gasteiger partial charge in [-0.2, -0.15) is 0 Å². The normalized spacial score (nSPS) is 10.4. The molecule has 0 fully saturated rings. The molecular formula is C14H9Cl2FO. The molecular weight excluding hydrogens is 274 g/mol. The van der Waals surface area contributed by atoms with Crippen LogP contribution in [0.25, 0.3) is 0 Å². The summed E-state index contributed by atoms with van der Waals surface area (Å²) < 4.78 is 13.5. The topological polar surface area (TPSA) is 17.1 Å². The molecule has 0 N–H and O–H groups in total. The molecule has 0 aromatic heterocycles. The maximum atomic E-state index is 13.5. The summed E-state index contributed by atoms with van der Waals surface area (Å²) in [6.45, 7) is 0. The minimum absolute atomic E-state index is 0.00229. The van der Waals surface area contributed by atoms with Crippen molar-refractivity contribution in [3.8, 4) is 0 Å². The van der Waals surface area contributed by atoms with Crippen molar-refractivity contribution >= 4 is 29.0 Å². The van der Waals surface area contributed by atoms with Crippen molar-refractivity contribution in [3.63, 3.8) is 0 Å². The van der Waals surface area contributed by atoms with Gasteiger partial charge in [0.2, 0.25) is 0 Å². The van der Waals surface area contributed by atoms with Gasteiger partial charge in [0.15, 0.2) is 5.78 Å². The highest BCUT2D eigenvalue weighted by Crippen LogP contribution is 2.18. The summed E-state index contributed by atoms with van der Waals surface area (Å²) in [6.07, 6.45) is 0.0951. The summed E-state index contributed by atoms with van der Waals surface area (Å²) in [5, 5.41) is 0.887. The van der Waals surface area contributed by atoms with E-state index in [2.05, 4.69) is 0 Å². The van der Waals surface area contributed by atoms with E-state index in [4.69, 9.17) is 23.2 Å². The monoisotopic (exact) mass is 282 g/mol. The highest BCUT2D eigenvalue weighted by Gasteiger charge is 2.13. The number of carbonyl (C=O) groups excluding carboxylic acids is 1. The molecule has 0 unspecified atom stereocenters. The first-order chi connectivity index (χ1) is 8.56. The zero-order chi connectivity index (χ0) is 13.1. The van der Waals surface area contributed by atoms with Crippen LogP contribution in [0.5, 0.6) is 0 Å². The van der Waals surface area contributed by atoms with Gasteiger partial charge in [-0.1, -0.05) is 35.3 Å². The van der Waals surface area contributed by atoms with Gasteiger partial charge in [-0.3, -0.25) is 4.79 Å². The average Bonchev–Trinajstić information content (AvgIpc) is 2.32. The quantitative estimate of drug-likeness (QED) is 0.755. The summed E-state index contributed by atoms with van der Waals surface area (Å²) in [5.41, 5.74) is 0.745. The second kappa shape index (κ2) is 5.51. The third-order valence-corrected chi connectivity index (χ3v) is 2.95. The Hall–Kier alpha value is -1.38. The number of carbonyl (C=O) groups is 1. The van der Waals surface area contributed by atoms with Crippen LogP contribution in [0, 0.1) is 5.82 Å².